The number of hydrogen-bond donors (Lipinski definition) is 2. The van der Waals surface area contributed by atoms with Crippen LogP contribution in [0.2, 0.25) is 0 Å². The maximum atomic E-state index is 5.05. The highest BCUT2D eigenvalue weighted by Crippen LogP contribution is 2.13. The summed E-state index contributed by atoms with van der Waals surface area (Å²) in [6.07, 6.45) is 5.46. The maximum Gasteiger partial charge on any atom is 0.246 e. The van der Waals surface area contributed by atoms with Gasteiger partial charge in [0.15, 0.2) is 0 Å². The van der Waals surface area contributed by atoms with Crippen molar-refractivity contribution in [3.63, 3.8) is 0 Å². The molecule has 2 N–H and O–H groups in total. The highest BCUT2D eigenvalue weighted by molar-refractivity contribution is 7.99. The highest BCUT2D eigenvalue weighted by Gasteiger charge is 1.95. The van der Waals surface area contributed by atoms with E-state index >= 15 is 0 Å². The van der Waals surface area contributed by atoms with Crippen LogP contribution in [0.25, 0.3) is 0 Å². The van der Waals surface area contributed by atoms with Crippen LogP contribution in [0.15, 0.2) is 36.7 Å². The molecule has 0 aliphatic carbocycles. The van der Waals surface area contributed by atoms with Crippen LogP contribution >= 0.6 is 24.3 Å². The Hall–Kier alpha value is -1.48. The molecule has 0 radical (unpaired) electrons. The van der Waals surface area contributed by atoms with Gasteiger partial charge in [0, 0.05) is 31.8 Å². The van der Waals surface area contributed by atoms with Crippen LogP contribution in [0.1, 0.15) is 25.0 Å². The van der Waals surface area contributed by atoms with Gasteiger partial charge in [-0.1, -0.05) is 25.8 Å². The van der Waals surface area contributed by atoms with Crippen LogP contribution in [0, 0.1) is 13.8 Å². The SMILES string of the molecule is CC.CNOSOc1cc(C)ccn1.CSNc1cc(C)ccn1. The summed E-state index contributed by atoms with van der Waals surface area (Å²) in [6, 6.07) is 7.71. The van der Waals surface area contributed by atoms with E-state index in [0.29, 0.717) is 5.88 Å². The molecule has 0 spiro atoms. The Bertz CT molecular complexity index is 559. The monoisotopic (exact) mass is 370 g/mol. The van der Waals surface area contributed by atoms with Gasteiger partial charge < -0.3 is 8.91 Å². The van der Waals surface area contributed by atoms with E-state index in [1.807, 2.05) is 58.2 Å². The second-order valence-electron chi connectivity index (χ2n) is 4.13. The molecule has 2 aromatic rings. The molecule has 0 aromatic carbocycles. The van der Waals surface area contributed by atoms with Crippen molar-refractivity contribution in [3.05, 3.63) is 47.8 Å². The van der Waals surface area contributed by atoms with E-state index < -0.39 is 0 Å². The van der Waals surface area contributed by atoms with Gasteiger partial charge in [0.2, 0.25) is 18.2 Å². The molecular weight excluding hydrogens is 344 g/mol. The van der Waals surface area contributed by atoms with Gasteiger partial charge in [-0.05, 0) is 43.2 Å². The number of rotatable bonds is 6. The molecule has 0 saturated carbocycles. The smallest absolute Gasteiger partial charge is 0.246 e. The first-order chi connectivity index (χ1) is 11.7. The minimum atomic E-state index is 0.537. The van der Waals surface area contributed by atoms with Gasteiger partial charge in [-0.2, -0.15) is 9.76 Å². The van der Waals surface area contributed by atoms with E-state index in [9.17, 15) is 0 Å². The summed E-state index contributed by atoms with van der Waals surface area (Å²) in [4.78, 5) is 8.06. The Balaban J connectivity index is 0.000000405. The van der Waals surface area contributed by atoms with Crippen molar-refractivity contribution in [3.8, 4) is 5.88 Å². The molecule has 0 unspecified atom stereocenters. The fourth-order valence-corrected chi connectivity index (χ4v) is 1.92. The van der Waals surface area contributed by atoms with Crippen molar-refractivity contribution in [2.24, 2.45) is 0 Å². The maximum absolute atomic E-state index is 5.05. The first-order valence-electron chi connectivity index (χ1n) is 7.47. The molecule has 2 aromatic heterocycles. The number of nitrogens with one attached hydrogen (secondary N) is 2. The third kappa shape index (κ3) is 11.1. The minimum absolute atomic E-state index is 0.537. The zero-order valence-corrected chi connectivity index (χ0v) is 16.6. The molecule has 24 heavy (non-hydrogen) atoms. The number of pyridine rings is 2. The van der Waals surface area contributed by atoms with Crippen molar-refractivity contribution >= 4 is 30.1 Å². The average Bonchev–Trinajstić information content (AvgIpc) is 2.58. The topological polar surface area (TPSA) is 68.3 Å². The molecule has 0 amide bonds. The lowest BCUT2D eigenvalue weighted by Gasteiger charge is -2.00. The lowest BCUT2D eigenvalue weighted by molar-refractivity contribution is 0.252. The van der Waals surface area contributed by atoms with Crippen LogP contribution in [-0.4, -0.2) is 23.3 Å². The number of aryl methyl sites for hydroxylation is 2. The van der Waals surface area contributed by atoms with Crippen molar-refractivity contribution in [1.29, 1.82) is 0 Å². The Morgan fingerprint density at radius 3 is 2.17 bits per heavy atom. The number of hydrogen-bond acceptors (Lipinski definition) is 8. The predicted molar refractivity (Wildman–Crippen MR) is 105 cm³/mol. The number of aromatic nitrogens is 2. The predicted octanol–water partition coefficient (Wildman–Crippen LogP) is 4.59. The summed E-state index contributed by atoms with van der Waals surface area (Å²) in [5.41, 5.74) is 4.79. The summed E-state index contributed by atoms with van der Waals surface area (Å²) >= 11 is 2.39. The Kier molecular flexibility index (Phi) is 14.1. The number of anilines is 1. The quantitative estimate of drug-likeness (QED) is 0.331. The molecule has 2 heterocycles. The van der Waals surface area contributed by atoms with Crippen LogP contribution < -0.4 is 14.4 Å². The lowest BCUT2D eigenvalue weighted by Crippen LogP contribution is -2.01. The fourth-order valence-electron chi connectivity index (χ4n) is 1.34. The molecule has 8 heteroatoms. The van der Waals surface area contributed by atoms with Gasteiger partial charge in [-0.3, -0.25) is 0 Å². The zero-order valence-electron chi connectivity index (χ0n) is 15.0. The van der Waals surface area contributed by atoms with E-state index in [2.05, 4.69) is 24.5 Å². The molecule has 0 bridgehead atoms. The summed E-state index contributed by atoms with van der Waals surface area (Å²) in [7, 11) is 1.65. The van der Waals surface area contributed by atoms with Crippen molar-refractivity contribution in [1.82, 2.24) is 15.4 Å². The number of hydroxylamine groups is 1. The van der Waals surface area contributed by atoms with Crippen molar-refractivity contribution in [2.75, 3.05) is 18.0 Å². The minimum Gasteiger partial charge on any atom is -0.379 e. The second kappa shape index (κ2) is 15.1. The molecule has 0 saturated heterocycles. The first-order valence-corrected chi connectivity index (χ1v) is 9.36. The van der Waals surface area contributed by atoms with Gasteiger partial charge in [0.25, 0.3) is 0 Å². The Morgan fingerprint density at radius 1 is 1.00 bits per heavy atom. The Labute approximate surface area is 153 Å². The standard InChI is InChI=1S/C7H10N2O2S.C7H10N2S.C2H6/c1-6-3-4-9-7(5-6)10-12-11-8-2;1-6-3-4-8-7(5-6)9-10-2;1-2/h3-5,8H,1-2H3;3-5H,1-2H3,(H,8,9);1-2H3. The van der Waals surface area contributed by atoms with Gasteiger partial charge in [0.05, 0.1) is 0 Å². The van der Waals surface area contributed by atoms with Crippen molar-refractivity contribution < 1.29 is 8.47 Å². The van der Waals surface area contributed by atoms with Crippen LogP contribution in [-0.2, 0) is 4.28 Å². The summed E-state index contributed by atoms with van der Waals surface area (Å²) in [6.45, 7) is 8.02. The first kappa shape index (κ1) is 22.5. The molecule has 0 atom stereocenters. The van der Waals surface area contributed by atoms with E-state index in [1.165, 1.54) is 5.56 Å². The fraction of sp³-hybridized carbons (Fsp3) is 0.375. The summed E-state index contributed by atoms with van der Waals surface area (Å²) < 4.78 is 12.8. The van der Waals surface area contributed by atoms with E-state index in [0.717, 1.165) is 23.7 Å². The summed E-state index contributed by atoms with van der Waals surface area (Å²) in [5, 5.41) is 0. The Morgan fingerprint density at radius 2 is 1.62 bits per heavy atom. The van der Waals surface area contributed by atoms with Crippen LogP contribution in [0.3, 0.4) is 0 Å². The number of nitrogens with zero attached hydrogens (tertiary/aromatic N) is 2. The van der Waals surface area contributed by atoms with Crippen molar-refractivity contribution in [2.45, 2.75) is 27.7 Å². The van der Waals surface area contributed by atoms with Gasteiger partial charge >= 0.3 is 0 Å². The van der Waals surface area contributed by atoms with E-state index in [-0.39, 0.29) is 0 Å². The lowest BCUT2D eigenvalue weighted by atomic mass is 10.3. The molecule has 0 aliphatic heterocycles. The van der Waals surface area contributed by atoms with Gasteiger partial charge in [-0.25, -0.2) is 9.97 Å². The second-order valence-corrected chi connectivity index (χ2v) is 5.22. The van der Waals surface area contributed by atoms with E-state index in [1.54, 1.807) is 31.4 Å². The normalized spacial score (nSPS) is 9.08. The largest absolute Gasteiger partial charge is 0.379 e. The van der Waals surface area contributed by atoms with Crippen LogP contribution in [0.5, 0.6) is 5.88 Å². The third-order valence-electron chi connectivity index (χ3n) is 2.25. The third-order valence-corrected chi connectivity index (χ3v) is 3.14. The highest BCUT2D eigenvalue weighted by atomic mass is 32.2. The molecule has 6 nitrogen and oxygen atoms in total. The van der Waals surface area contributed by atoms with Crippen LogP contribution in [0.4, 0.5) is 5.82 Å². The molecule has 0 fully saturated rings. The van der Waals surface area contributed by atoms with Gasteiger partial charge in [0.1, 0.15) is 5.82 Å². The molecular formula is C16H26N4O2S2. The molecule has 2 rings (SSSR count). The average molecular weight is 371 g/mol. The molecule has 0 aliphatic rings. The zero-order chi connectivity index (χ0) is 18.2. The summed E-state index contributed by atoms with van der Waals surface area (Å²) in [5.74, 6) is 1.46. The van der Waals surface area contributed by atoms with Gasteiger partial charge in [-0.15, -0.1) is 0 Å². The molecule has 134 valence electrons. The van der Waals surface area contributed by atoms with E-state index in [4.69, 9.17) is 4.18 Å².